The van der Waals surface area contributed by atoms with Crippen LogP contribution in [0.3, 0.4) is 0 Å². The number of aromatic nitrogens is 1. The number of nitrogens with one attached hydrogen (secondary N) is 2. The molecule has 1 aromatic carbocycles. The van der Waals surface area contributed by atoms with E-state index < -0.39 is 0 Å². The van der Waals surface area contributed by atoms with Crippen molar-refractivity contribution in [3.05, 3.63) is 29.5 Å². The van der Waals surface area contributed by atoms with E-state index in [1.807, 2.05) is 6.07 Å². The topological polar surface area (TPSA) is 37.0 Å². The molecule has 2 heterocycles. The fourth-order valence-electron chi connectivity index (χ4n) is 3.15. The van der Waals surface area contributed by atoms with Gasteiger partial charge >= 0.3 is 0 Å². The molecule has 0 atom stereocenters. The van der Waals surface area contributed by atoms with Gasteiger partial charge in [-0.05, 0) is 50.4 Å². The lowest BCUT2D eigenvalue weighted by molar-refractivity contribution is 0.419. The van der Waals surface area contributed by atoms with Crippen molar-refractivity contribution in [2.24, 2.45) is 0 Å². The summed E-state index contributed by atoms with van der Waals surface area (Å²) in [7, 11) is 1.73. The molecule has 18 heavy (non-hydrogen) atoms. The van der Waals surface area contributed by atoms with E-state index >= 15 is 0 Å². The van der Waals surface area contributed by atoms with Gasteiger partial charge in [0.05, 0.1) is 12.6 Å². The van der Waals surface area contributed by atoms with E-state index in [9.17, 15) is 0 Å². The molecular weight excluding hydrogens is 224 g/mol. The van der Waals surface area contributed by atoms with Crippen LogP contribution in [0.1, 0.15) is 30.0 Å². The van der Waals surface area contributed by atoms with Gasteiger partial charge < -0.3 is 15.0 Å². The number of benzene rings is 1. The van der Waals surface area contributed by atoms with Crippen LogP contribution in [0.15, 0.2) is 18.2 Å². The molecule has 1 aliphatic rings. The van der Waals surface area contributed by atoms with E-state index in [1.54, 1.807) is 7.11 Å². The minimum atomic E-state index is 0.673. The highest BCUT2D eigenvalue weighted by atomic mass is 16.5. The largest absolute Gasteiger partial charge is 0.495 e. The molecule has 2 N–H and O–H groups in total. The Bertz CT molecular complexity index is 553. The molecule has 1 saturated heterocycles. The highest BCUT2D eigenvalue weighted by molar-refractivity contribution is 5.90. The summed E-state index contributed by atoms with van der Waals surface area (Å²) in [6.45, 7) is 4.43. The molecule has 1 aromatic heterocycles. The number of piperidine rings is 1. The van der Waals surface area contributed by atoms with Crippen molar-refractivity contribution in [1.29, 1.82) is 0 Å². The van der Waals surface area contributed by atoms with E-state index in [1.165, 1.54) is 29.5 Å². The monoisotopic (exact) mass is 244 g/mol. The highest BCUT2D eigenvalue weighted by Gasteiger charge is 2.21. The van der Waals surface area contributed by atoms with Crippen molar-refractivity contribution < 1.29 is 4.74 Å². The molecule has 2 aromatic rings. The highest BCUT2D eigenvalue weighted by Crippen LogP contribution is 2.37. The summed E-state index contributed by atoms with van der Waals surface area (Å²) in [5.41, 5.74) is 3.93. The summed E-state index contributed by atoms with van der Waals surface area (Å²) >= 11 is 0. The van der Waals surface area contributed by atoms with Crippen LogP contribution in [-0.4, -0.2) is 25.2 Å². The third-order valence-corrected chi connectivity index (χ3v) is 4.00. The zero-order valence-corrected chi connectivity index (χ0v) is 11.0. The minimum Gasteiger partial charge on any atom is -0.495 e. The first-order valence-corrected chi connectivity index (χ1v) is 6.67. The van der Waals surface area contributed by atoms with Gasteiger partial charge in [0.2, 0.25) is 0 Å². The Kier molecular flexibility index (Phi) is 3.00. The smallest absolute Gasteiger partial charge is 0.142 e. The van der Waals surface area contributed by atoms with Crippen LogP contribution in [0, 0.1) is 6.92 Å². The Morgan fingerprint density at radius 1 is 1.22 bits per heavy atom. The third-order valence-electron chi connectivity index (χ3n) is 4.00. The predicted molar refractivity (Wildman–Crippen MR) is 74.4 cm³/mol. The van der Waals surface area contributed by atoms with E-state index in [-0.39, 0.29) is 0 Å². The molecule has 0 spiro atoms. The van der Waals surface area contributed by atoms with Crippen molar-refractivity contribution in [1.82, 2.24) is 10.3 Å². The van der Waals surface area contributed by atoms with Gasteiger partial charge in [-0.1, -0.05) is 12.1 Å². The summed E-state index contributed by atoms with van der Waals surface area (Å²) in [6, 6.07) is 6.31. The average molecular weight is 244 g/mol. The molecular formula is C15H20N2O. The molecule has 3 nitrogen and oxygen atoms in total. The molecule has 96 valence electrons. The van der Waals surface area contributed by atoms with Crippen LogP contribution in [0.2, 0.25) is 0 Å². The summed E-state index contributed by atoms with van der Waals surface area (Å²) < 4.78 is 5.44. The predicted octanol–water partition coefficient (Wildman–Crippen LogP) is 2.95. The number of rotatable bonds is 2. The van der Waals surface area contributed by atoms with Gasteiger partial charge in [-0.15, -0.1) is 0 Å². The Morgan fingerprint density at radius 3 is 2.72 bits per heavy atom. The molecule has 3 heteroatoms. The Balaban J connectivity index is 2.13. The van der Waals surface area contributed by atoms with Gasteiger partial charge in [-0.25, -0.2) is 0 Å². The molecule has 0 unspecified atom stereocenters. The number of H-pyrrole nitrogens is 1. The normalized spacial score (nSPS) is 17.2. The van der Waals surface area contributed by atoms with Crippen LogP contribution in [0.4, 0.5) is 0 Å². The lowest BCUT2D eigenvalue weighted by atomic mass is 9.88. The summed E-state index contributed by atoms with van der Waals surface area (Å²) in [5.74, 6) is 1.61. The van der Waals surface area contributed by atoms with Crippen molar-refractivity contribution in [2.75, 3.05) is 20.2 Å². The molecule has 0 amide bonds. The second-order valence-corrected chi connectivity index (χ2v) is 5.07. The first-order chi connectivity index (χ1) is 8.81. The SMILES string of the molecule is COc1cccc2c(C3CCNCC3)c(C)[nH]c12. The summed E-state index contributed by atoms with van der Waals surface area (Å²) in [4.78, 5) is 3.50. The second kappa shape index (κ2) is 4.65. The number of fused-ring (bicyclic) bond motifs is 1. The fourth-order valence-corrected chi connectivity index (χ4v) is 3.15. The molecule has 1 aliphatic heterocycles. The number of ether oxygens (including phenoxy) is 1. The number of para-hydroxylation sites is 1. The zero-order chi connectivity index (χ0) is 12.5. The lowest BCUT2D eigenvalue weighted by Crippen LogP contribution is -2.26. The van der Waals surface area contributed by atoms with E-state index in [2.05, 4.69) is 29.4 Å². The van der Waals surface area contributed by atoms with Crippen LogP contribution in [0.25, 0.3) is 10.9 Å². The number of methoxy groups -OCH3 is 1. The Labute approximate surface area is 108 Å². The molecule has 0 aliphatic carbocycles. The fraction of sp³-hybridized carbons (Fsp3) is 0.467. The summed E-state index contributed by atoms with van der Waals surface area (Å²) in [6.07, 6.45) is 2.45. The standard InChI is InChI=1S/C15H20N2O/c1-10-14(11-6-8-16-9-7-11)12-4-3-5-13(18-2)15(12)17-10/h3-5,11,16-17H,6-9H2,1-2H3. The van der Waals surface area contributed by atoms with Crippen LogP contribution in [0.5, 0.6) is 5.75 Å². The van der Waals surface area contributed by atoms with Gasteiger partial charge in [0.1, 0.15) is 5.75 Å². The van der Waals surface area contributed by atoms with Crippen LogP contribution in [-0.2, 0) is 0 Å². The molecule has 0 radical (unpaired) electrons. The number of hydrogen-bond acceptors (Lipinski definition) is 2. The molecule has 3 rings (SSSR count). The number of aryl methyl sites for hydroxylation is 1. The van der Waals surface area contributed by atoms with Crippen LogP contribution < -0.4 is 10.1 Å². The average Bonchev–Trinajstić information content (AvgIpc) is 2.75. The van der Waals surface area contributed by atoms with Crippen molar-refractivity contribution >= 4 is 10.9 Å². The quantitative estimate of drug-likeness (QED) is 0.852. The number of aromatic amines is 1. The maximum atomic E-state index is 5.44. The lowest BCUT2D eigenvalue weighted by Gasteiger charge is -2.23. The number of hydrogen-bond donors (Lipinski definition) is 2. The zero-order valence-electron chi connectivity index (χ0n) is 11.0. The van der Waals surface area contributed by atoms with Crippen molar-refractivity contribution in [2.45, 2.75) is 25.7 Å². The molecule has 0 saturated carbocycles. The molecule has 0 bridgehead atoms. The van der Waals surface area contributed by atoms with Gasteiger partial charge in [0, 0.05) is 11.1 Å². The maximum absolute atomic E-state index is 5.44. The van der Waals surface area contributed by atoms with Gasteiger partial charge in [0.25, 0.3) is 0 Å². The molecule has 1 fully saturated rings. The first kappa shape index (κ1) is 11.6. The van der Waals surface area contributed by atoms with E-state index in [0.717, 1.165) is 24.4 Å². The third kappa shape index (κ3) is 1.79. The van der Waals surface area contributed by atoms with Gasteiger partial charge in [-0.2, -0.15) is 0 Å². The van der Waals surface area contributed by atoms with Gasteiger partial charge in [0.15, 0.2) is 0 Å². The minimum absolute atomic E-state index is 0.673. The Morgan fingerprint density at radius 2 is 2.00 bits per heavy atom. The van der Waals surface area contributed by atoms with E-state index in [0.29, 0.717) is 5.92 Å². The van der Waals surface area contributed by atoms with Crippen molar-refractivity contribution in [3.8, 4) is 5.75 Å². The van der Waals surface area contributed by atoms with Crippen molar-refractivity contribution in [3.63, 3.8) is 0 Å². The Hall–Kier alpha value is -1.48. The van der Waals surface area contributed by atoms with Crippen LogP contribution >= 0.6 is 0 Å². The summed E-state index contributed by atoms with van der Waals surface area (Å²) in [5, 5.41) is 4.76. The second-order valence-electron chi connectivity index (χ2n) is 5.07. The van der Waals surface area contributed by atoms with E-state index in [4.69, 9.17) is 4.74 Å². The maximum Gasteiger partial charge on any atom is 0.142 e. The first-order valence-electron chi connectivity index (χ1n) is 6.67. The van der Waals surface area contributed by atoms with Gasteiger partial charge in [-0.3, -0.25) is 0 Å².